The molecule has 1 atom stereocenters. The van der Waals surface area contributed by atoms with Crippen LogP contribution >= 0.6 is 23.8 Å². The van der Waals surface area contributed by atoms with Crippen molar-refractivity contribution < 1.29 is 19.5 Å². The molecule has 4 rings (SSSR count). The van der Waals surface area contributed by atoms with Gasteiger partial charge in [-0.3, -0.25) is 19.8 Å². The van der Waals surface area contributed by atoms with Crippen LogP contribution in [0.15, 0.2) is 60.3 Å². The summed E-state index contributed by atoms with van der Waals surface area (Å²) in [6.07, 6.45) is 3.18. The number of fused-ring (bicyclic) bond motifs is 1. The van der Waals surface area contributed by atoms with E-state index in [2.05, 4.69) is 5.32 Å². The van der Waals surface area contributed by atoms with Crippen LogP contribution in [0.5, 0.6) is 0 Å². The van der Waals surface area contributed by atoms with Gasteiger partial charge in [0.05, 0.1) is 5.69 Å². The molecule has 7 nitrogen and oxygen atoms in total. The summed E-state index contributed by atoms with van der Waals surface area (Å²) in [6.45, 7) is 1.59. The summed E-state index contributed by atoms with van der Waals surface area (Å²) in [5, 5.41) is 13.1. The predicted octanol–water partition coefficient (Wildman–Crippen LogP) is 3.77. The van der Waals surface area contributed by atoms with Crippen LogP contribution < -0.4 is 10.2 Å². The van der Waals surface area contributed by atoms with Crippen LogP contribution in [0.3, 0.4) is 0 Å². The highest BCUT2D eigenvalue weighted by Gasteiger charge is 2.34. The normalized spacial score (nSPS) is 16.6. The second-order valence-electron chi connectivity index (χ2n) is 6.99. The average molecular weight is 454 g/mol. The number of benzene rings is 2. The molecule has 2 aromatic carbocycles. The Morgan fingerprint density at radius 3 is 2.55 bits per heavy atom. The number of thiocarbonyl (C=S) groups is 1. The molecule has 0 aliphatic carbocycles. The minimum Gasteiger partial charge on any atom is -0.480 e. The van der Waals surface area contributed by atoms with E-state index in [-0.39, 0.29) is 10.7 Å². The molecule has 1 aromatic heterocycles. The Morgan fingerprint density at radius 1 is 1.16 bits per heavy atom. The van der Waals surface area contributed by atoms with Crippen molar-refractivity contribution in [3.05, 3.63) is 70.9 Å². The SMILES string of the molecule is C[C@H](C(=O)O)n1ccc2cc(/C=C3\C(=O)NC(=S)N(c4ccc(Cl)cc4)C3=O)ccc21. The molecular formula is C22H16ClN3O4S. The first-order chi connectivity index (χ1) is 14.8. The Hall–Kier alpha value is -3.49. The van der Waals surface area contributed by atoms with Gasteiger partial charge < -0.3 is 9.67 Å². The van der Waals surface area contributed by atoms with Gasteiger partial charge in [0.1, 0.15) is 11.6 Å². The lowest BCUT2D eigenvalue weighted by molar-refractivity contribution is -0.140. The van der Waals surface area contributed by atoms with Gasteiger partial charge in [0.15, 0.2) is 5.11 Å². The number of nitrogens with zero attached hydrogens (tertiary/aromatic N) is 2. The average Bonchev–Trinajstić information content (AvgIpc) is 3.15. The topological polar surface area (TPSA) is 91.6 Å². The molecule has 3 aromatic rings. The van der Waals surface area contributed by atoms with Crippen LogP contribution in [0.2, 0.25) is 5.02 Å². The number of halogens is 1. The first-order valence-corrected chi connectivity index (χ1v) is 10.1. The Bertz CT molecular complexity index is 1280. The lowest BCUT2D eigenvalue weighted by Gasteiger charge is -2.28. The summed E-state index contributed by atoms with van der Waals surface area (Å²) >= 11 is 11.1. The standard InChI is InChI=1S/C22H16ClN3O4S/c1-12(21(29)30)25-9-8-14-10-13(2-7-18(14)25)11-17-19(27)24-22(31)26(20(17)28)16-5-3-15(23)4-6-16/h2-12H,1H3,(H,29,30)(H,24,27,31)/b17-11+/t12-/m1/s1. The number of rotatable bonds is 4. The fraction of sp³-hybridized carbons (Fsp3) is 0.0909. The van der Waals surface area contributed by atoms with E-state index >= 15 is 0 Å². The van der Waals surface area contributed by atoms with Crippen molar-refractivity contribution in [3.8, 4) is 0 Å². The predicted molar refractivity (Wildman–Crippen MR) is 122 cm³/mol. The monoisotopic (exact) mass is 453 g/mol. The zero-order valence-electron chi connectivity index (χ0n) is 16.2. The highest BCUT2D eigenvalue weighted by molar-refractivity contribution is 7.80. The largest absolute Gasteiger partial charge is 0.480 e. The molecular weight excluding hydrogens is 438 g/mol. The molecule has 2 N–H and O–H groups in total. The summed E-state index contributed by atoms with van der Waals surface area (Å²) in [4.78, 5) is 38.1. The maximum absolute atomic E-state index is 13.1. The molecule has 2 heterocycles. The zero-order chi connectivity index (χ0) is 22.3. The van der Waals surface area contributed by atoms with E-state index in [1.165, 1.54) is 11.0 Å². The van der Waals surface area contributed by atoms with Crippen molar-refractivity contribution in [1.29, 1.82) is 0 Å². The van der Waals surface area contributed by atoms with Crippen molar-refractivity contribution in [2.24, 2.45) is 0 Å². The van der Waals surface area contributed by atoms with Gasteiger partial charge in [-0.1, -0.05) is 17.7 Å². The summed E-state index contributed by atoms with van der Waals surface area (Å²) in [7, 11) is 0. The third kappa shape index (κ3) is 3.83. The fourth-order valence-electron chi connectivity index (χ4n) is 3.38. The fourth-order valence-corrected chi connectivity index (χ4v) is 3.78. The number of anilines is 1. The number of hydrogen-bond acceptors (Lipinski definition) is 4. The Kier molecular flexibility index (Phi) is 5.34. The lowest BCUT2D eigenvalue weighted by atomic mass is 10.1. The lowest BCUT2D eigenvalue weighted by Crippen LogP contribution is -2.54. The quantitative estimate of drug-likeness (QED) is 0.356. The summed E-state index contributed by atoms with van der Waals surface area (Å²) in [5.74, 6) is -2.07. The van der Waals surface area contributed by atoms with Crippen molar-refractivity contribution in [1.82, 2.24) is 9.88 Å². The molecule has 0 saturated carbocycles. The van der Waals surface area contributed by atoms with E-state index in [0.717, 1.165) is 10.9 Å². The van der Waals surface area contributed by atoms with E-state index in [4.69, 9.17) is 23.8 Å². The van der Waals surface area contributed by atoms with Gasteiger partial charge in [0.2, 0.25) is 0 Å². The highest BCUT2D eigenvalue weighted by atomic mass is 35.5. The first kappa shape index (κ1) is 20.8. The smallest absolute Gasteiger partial charge is 0.326 e. The molecule has 1 fully saturated rings. The molecule has 1 aliphatic heterocycles. The first-order valence-electron chi connectivity index (χ1n) is 9.26. The van der Waals surface area contributed by atoms with Crippen LogP contribution in [-0.4, -0.2) is 32.6 Å². The van der Waals surface area contributed by atoms with Gasteiger partial charge in [-0.25, -0.2) is 4.79 Å². The van der Waals surface area contributed by atoms with Gasteiger partial charge in [-0.15, -0.1) is 0 Å². The van der Waals surface area contributed by atoms with Crippen LogP contribution in [0.4, 0.5) is 5.69 Å². The van der Waals surface area contributed by atoms with Gasteiger partial charge >= 0.3 is 5.97 Å². The molecule has 31 heavy (non-hydrogen) atoms. The van der Waals surface area contributed by atoms with E-state index in [9.17, 15) is 19.5 Å². The molecule has 1 saturated heterocycles. The molecule has 1 aliphatic rings. The van der Waals surface area contributed by atoms with E-state index < -0.39 is 23.8 Å². The van der Waals surface area contributed by atoms with Crippen molar-refractivity contribution in [2.75, 3.05) is 4.90 Å². The minimum absolute atomic E-state index is 0.00957. The number of aromatic nitrogens is 1. The minimum atomic E-state index is -0.938. The van der Waals surface area contributed by atoms with Gasteiger partial charge in [0, 0.05) is 22.1 Å². The second kappa shape index (κ2) is 7.98. The summed E-state index contributed by atoms with van der Waals surface area (Å²) in [5.41, 5.74) is 1.78. The number of carboxylic acids is 1. The summed E-state index contributed by atoms with van der Waals surface area (Å²) in [6, 6.07) is 12.9. The Balaban J connectivity index is 1.71. The molecule has 0 unspecified atom stereocenters. The molecule has 9 heteroatoms. The van der Waals surface area contributed by atoms with Gasteiger partial charge in [0.25, 0.3) is 11.8 Å². The molecule has 156 valence electrons. The molecule has 2 amide bonds. The van der Waals surface area contributed by atoms with Crippen molar-refractivity contribution in [2.45, 2.75) is 13.0 Å². The third-order valence-corrected chi connectivity index (χ3v) is 5.55. The summed E-state index contributed by atoms with van der Waals surface area (Å²) < 4.78 is 1.65. The van der Waals surface area contributed by atoms with Crippen molar-refractivity contribution in [3.63, 3.8) is 0 Å². The second-order valence-corrected chi connectivity index (χ2v) is 7.81. The van der Waals surface area contributed by atoms with Crippen LogP contribution in [-0.2, 0) is 14.4 Å². The van der Waals surface area contributed by atoms with E-state index in [0.29, 0.717) is 16.3 Å². The molecule has 0 radical (unpaired) electrons. The number of hydrogen-bond donors (Lipinski definition) is 2. The van der Waals surface area contributed by atoms with Crippen molar-refractivity contribution >= 4 is 69.4 Å². The molecule has 0 spiro atoms. The zero-order valence-corrected chi connectivity index (χ0v) is 17.8. The number of nitrogens with one attached hydrogen (secondary N) is 1. The maximum Gasteiger partial charge on any atom is 0.326 e. The molecule has 0 bridgehead atoms. The number of carboxylic acid groups (broad SMARTS) is 1. The van der Waals surface area contributed by atoms with Gasteiger partial charge in [-0.05, 0) is 73.2 Å². The number of carbonyl (C=O) groups is 3. The number of aliphatic carboxylic acids is 1. The Morgan fingerprint density at radius 2 is 1.87 bits per heavy atom. The van der Waals surface area contributed by atoms with Crippen LogP contribution in [0, 0.1) is 0 Å². The van der Waals surface area contributed by atoms with E-state index in [1.54, 1.807) is 66.2 Å². The Labute approximate surface area is 187 Å². The van der Waals surface area contributed by atoms with Crippen LogP contribution in [0.25, 0.3) is 17.0 Å². The third-order valence-electron chi connectivity index (χ3n) is 5.02. The maximum atomic E-state index is 13.1. The van der Waals surface area contributed by atoms with E-state index in [1.807, 2.05) is 0 Å². The van der Waals surface area contributed by atoms with Gasteiger partial charge in [-0.2, -0.15) is 0 Å². The van der Waals surface area contributed by atoms with Crippen LogP contribution in [0.1, 0.15) is 18.5 Å². The number of amides is 2. The number of carbonyl (C=O) groups excluding carboxylic acids is 2. The highest BCUT2D eigenvalue weighted by Crippen LogP contribution is 2.26.